The average molecular weight is 410 g/mol. The minimum atomic E-state index is -3.62. The van der Waals surface area contributed by atoms with Gasteiger partial charge < -0.3 is 4.74 Å². The molecule has 0 saturated carbocycles. The Balaban J connectivity index is 2.94. The van der Waals surface area contributed by atoms with Crippen molar-refractivity contribution in [2.24, 2.45) is 5.41 Å². The van der Waals surface area contributed by atoms with E-state index in [1.54, 1.807) is 19.9 Å². The normalized spacial score (nSPS) is 13.5. The molecule has 0 bridgehead atoms. The molecule has 5 nitrogen and oxygen atoms in total. The number of sulfonamides is 1. The van der Waals surface area contributed by atoms with Crippen molar-refractivity contribution in [3.8, 4) is 0 Å². The monoisotopic (exact) mass is 409 g/mol. The fourth-order valence-electron chi connectivity index (χ4n) is 3.10. The lowest BCUT2D eigenvalue weighted by atomic mass is 9.85. The number of nitrogens with one attached hydrogen (secondary N) is 1. The Hall–Kier alpha value is -1.66. The standard InChI is InChI=1S/C22H35NO4S/c1-15-13-16(2)19(17(3)14-15)28(25,26)23-12-10-11-18(21(4,5)6)20(24)27-22(7,8)9/h11,13-14,23H,10,12H2,1-9H3/b18-11-. The first-order chi connectivity index (χ1) is 12.5. The van der Waals surface area contributed by atoms with Crippen molar-refractivity contribution in [3.05, 3.63) is 40.5 Å². The Morgan fingerprint density at radius 3 is 1.96 bits per heavy atom. The highest BCUT2D eigenvalue weighted by molar-refractivity contribution is 7.89. The molecule has 28 heavy (non-hydrogen) atoms. The van der Waals surface area contributed by atoms with Gasteiger partial charge in [-0.25, -0.2) is 17.9 Å². The molecule has 0 saturated heterocycles. The van der Waals surface area contributed by atoms with E-state index in [9.17, 15) is 13.2 Å². The van der Waals surface area contributed by atoms with Gasteiger partial charge in [0.2, 0.25) is 10.0 Å². The maximum Gasteiger partial charge on any atom is 0.334 e. The maximum absolute atomic E-state index is 12.7. The van der Waals surface area contributed by atoms with Crippen LogP contribution in [0.1, 0.15) is 64.7 Å². The molecule has 0 aliphatic heterocycles. The van der Waals surface area contributed by atoms with Crippen molar-refractivity contribution in [2.45, 2.75) is 79.2 Å². The summed E-state index contributed by atoms with van der Waals surface area (Å²) in [5, 5.41) is 0. The van der Waals surface area contributed by atoms with E-state index in [-0.39, 0.29) is 12.5 Å². The zero-order valence-electron chi connectivity index (χ0n) is 18.7. The van der Waals surface area contributed by atoms with Crippen LogP contribution in [0.5, 0.6) is 0 Å². The molecule has 0 heterocycles. The fraction of sp³-hybridized carbons (Fsp3) is 0.591. The van der Waals surface area contributed by atoms with E-state index in [0.717, 1.165) is 16.7 Å². The van der Waals surface area contributed by atoms with Crippen molar-refractivity contribution in [3.63, 3.8) is 0 Å². The Morgan fingerprint density at radius 2 is 1.54 bits per heavy atom. The van der Waals surface area contributed by atoms with Crippen LogP contribution in [0.15, 0.2) is 28.7 Å². The first-order valence-corrected chi connectivity index (χ1v) is 11.0. The van der Waals surface area contributed by atoms with Crippen LogP contribution in [-0.2, 0) is 19.6 Å². The molecule has 6 heteroatoms. The zero-order chi connectivity index (χ0) is 21.9. The van der Waals surface area contributed by atoms with E-state index < -0.39 is 21.0 Å². The van der Waals surface area contributed by atoms with Crippen molar-refractivity contribution < 1.29 is 17.9 Å². The second-order valence-electron chi connectivity index (χ2n) is 9.28. The SMILES string of the molecule is Cc1cc(C)c(S(=O)(=O)NCC/C=C(/C(=O)OC(C)(C)C)C(C)(C)C)c(C)c1. The number of hydrogen-bond acceptors (Lipinski definition) is 4. The Labute approximate surface area is 170 Å². The first-order valence-electron chi connectivity index (χ1n) is 9.56. The highest BCUT2D eigenvalue weighted by atomic mass is 32.2. The molecule has 0 aromatic heterocycles. The summed E-state index contributed by atoms with van der Waals surface area (Å²) in [7, 11) is -3.62. The lowest BCUT2D eigenvalue weighted by Crippen LogP contribution is -2.29. The molecule has 1 rings (SSSR count). The predicted molar refractivity (Wildman–Crippen MR) is 114 cm³/mol. The number of benzene rings is 1. The quantitative estimate of drug-likeness (QED) is 0.423. The van der Waals surface area contributed by atoms with Crippen molar-refractivity contribution >= 4 is 16.0 Å². The third-order valence-corrected chi connectivity index (χ3v) is 5.85. The van der Waals surface area contributed by atoms with Gasteiger partial charge in [-0.05, 0) is 64.5 Å². The molecular weight excluding hydrogens is 374 g/mol. The zero-order valence-corrected chi connectivity index (χ0v) is 19.5. The van der Waals surface area contributed by atoms with Crippen LogP contribution >= 0.6 is 0 Å². The van der Waals surface area contributed by atoms with Gasteiger partial charge in [0.15, 0.2) is 0 Å². The minimum absolute atomic E-state index is 0.206. The van der Waals surface area contributed by atoms with Gasteiger partial charge in [0.1, 0.15) is 5.60 Å². The third kappa shape index (κ3) is 7.06. The lowest BCUT2D eigenvalue weighted by Gasteiger charge is -2.26. The maximum atomic E-state index is 12.7. The van der Waals surface area contributed by atoms with Crippen LogP contribution in [0.3, 0.4) is 0 Å². The Bertz CT molecular complexity index is 830. The van der Waals surface area contributed by atoms with Gasteiger partial charge in [-0.2, -0.15) is 0 Å². The van der Waals surface area contributed by atoms with Crippen LogP contribution in [0, 0.1) is 26.2 Å². The third-order valence-electron chi connectivity index (χ3n) is 4.09. The van der Waals surface area contributed by atoms with Gasteiger partial charge in [-0.15, -0.1) is 0 Å². The minimum Gasteiger partial charge on any atom is -0.457 e. The van der Waals surface area contributed by atoms with E-state index >= 15 is 0 Å². The van der Waals surface area contributed by atoms with E-state index in [0.29, 0.717) is 16.9 Å². The lowest BCUT2D eigenvalue weighted by molar-refractivity contribution is -0.151. The highest BCUT2D eigenvalue weighted by Crippen LogP contribution is 2.28. The van der Waals surface area contributed by atoms with Gasteiger partial charge >= 0.3 is 5.97 Å². The summed E-state index contributed by atoms with van der Waals surface area (Å²) in [6, 6.07) is 3.73. The number of rotatable bonds is 6. The summed E-state index contributed by atoms with van der Waals surface area (Å²) in [5.41, 5.74) is 2.05. The molecule has 1 aromatic rings. The second kappa shape index (κ2) is 8.78. The van der Waals surface area contributed by atoms with E-state index in [1.807, 2.05) is 60.6 Å². The van der Waals surface area contributed by atoms with E-state index in [2.05, 4.69) is 4.72 Å². The van der Waals surface area contributed by atoms with E-state index in [1.165, 1.54) is 0 Å². The van der Waals surface area contributed by atoms with Gasteiger partial charge in [-0.1, -0.05) is 44.5 Å². The van der Waals surface area contributed by atoms with Crippen LogP contribution < -0.4 is 4.72 Å². The average Bonchev–Trinajstić information content (AvgIpc) is 2.41. The summed E-state index contributed by atoms with van der Waals surface area (Å²) in [5.74, 6) is -0.368. The molecule has 1 N–H and O–H groups in total. The molecule has 0 aliphatic rings. The van der Waals surface area contributed by atoms with Crippen molar-refractivity contribution in [1.82, 2.24) is 4.72 Å². The summed E-state index contributed by atoms with van der Waals surface area (Å²) in [4.78, 5) is 12.8. The Morgan fingerprint density at radius 1 is 1.04 bits per heavy atom. The number of ether oxygens (including phenoxy) is 1. The van der Waals surface area contributed by atoms with Crippen LogP contribution in [0.25, 0.3) is 0 Å². The Kier molecular flexibility index (Phi) is 7.65. The number of aryl methyl sites for hydroxylation is 3. The predicted octanol–water partition coefficient (Wildman–Crippen LogP) is 4.59. The number of hydrogen-bond donors (Lipinski definition) is 1. The van der Waals surface area contributed by atoms with Crippen LogP contribution in [-0.4, -0.2) is 26.5 Å². The molecule has 158 valence electrons. The molecule has 0 amide bonds. The summed E-state index contributed by atoms with van der Waals surface area (Å²) < 4.78 is 33.6. The van der Waals surface area contributed by atoms with Crippen LogP contribution in [0.2, 0.25) is 0 Å². The topological polar surface area (TPSA) is 72.5 Å². The molecular formula is C22H35NO4S. The molecule has 0 spiro atoms. The van der Waals surface area contributed by atoms with Crippen LogP contribution in [0.4, 0.5) is 0 Å². The van der Waals surface area contributed by atoms with Gasteiger partial charge in [-0.3, -0.25) is 0 Å². The van der Waals surface area contributed by atoms with Crippen molar-refractivity contribution in [2.75, 3.05) is 6.54 Å². The number of esters is 1. The molecule has 1 aromatic carbocycles. The first kappa shape index (κ1) is 24.4. The smallest absolute Gasteiger partial charge is 0.334 e. The molecule has 0 atom stereocenters. The van der Waals surface area contributed by atoms with Crippen molar-refractivity contribution in [1.29, 1.82) is 0 Å². The molecule has 0 aliphatic carbocycles. The van der Waals surface area contributed by atoms with Gasteiger partial charge in [0.05, 0.1) is 4.90 Å². The summed E-state index contributed by atoms with van der Waals surface area (Å²) in [6.45, 7) is 17.0. The number of carbonyl (C=O) groups is 1. The fourth-order valence-corrected chi connectivity index (χ4v) is 4.60. The molecule has 0 radical (unpaired) electrons. The summed E-state index contributed by atoms with van der Waals surface area (Å²) >= 11 is 0. The molecule has 0 unspecified atom stereocenters. The van der Waals surface area contributed by atoms with Gasteiger partial charge in [0.25, 0.3) is 0 Å². The number of carbonyl (C=O) groups excluding carboxylic acids is 1. The highest BCUT2D eigenvalue weighted by Gasteiger charge is 2.28. The molecule has 0 fully saturated rings. The largest absolute Gasteiger partial charge is 0.457 e. The van der Waals surface area contributed by atoms with Gasteiger partial charge in [0, 0.05) is 12.1 Å². The summed E-state index contributed by atoms with van der Waals surface area (Å²) in [6.07, 6.45) is 2.17. The van der Waals surface area contributed by atoms with E-state index in [4.69, 9.17) is 4.74 Å². The second-order valence-corrected chi connectivity index (χ2v) is 11.0.